The topological polar surface area (TPSA) is 74.5 Å². The Bertz CT molecular complexity index is 890. The van der Waals surface area contributed by atoms with Gasteiger partial charge in [0.15, 0.2) is 0 Å². The zero-order valence-corrected chi connectivity index (χ0v) is 14.8. The Kier molecular flexibility index (Phi) is 5.04. The van der Waals surface area contributed by atoms with Gasteiger partial charge >= 0.3 is 0 Å². The van der Waals surface area contributed by atoms with Crippen LogP contribution in [-0.4, -0.2) is 29.5 Å². The molecule has 0 amide bonds. The summed E-state index contributed by atoms with van der Waals surface area (Å²) in [4.78, 5) is 12.3. The van der Waals surface area contributed by atoms with Crippen molar-refractivity contribution in [2.24, 2.45) is 0 Å². The summed E-state index contributed by atoms with van der Waals surface area (Å²) in [6.45, 7) is 1.97. The molecule has 1 aromatic heterocycles. The van der Waals surface area contributed by atoms with Crippen molar-refractivity contribution in [2.45, 2.75) is 12.1 Å². The summed E-state index contributed by atoms with van der Waals surface area (Å²) in [6.07, 6.45) is 0. The summed E-state index contributed by atoms with van der Waals surface area (Å²) in [5.74, 6) is 1.48. The van der Waals surface area contributed by atoms with Gasteiger partial charge in [-0.05, 0) is 19.1 Å². The predicted molar refractivity (Wildman–Crippen MR) is 94.2 cm³/mol. The molecule has 0 saturated carbocycles. The van der Waals surface area contributed by atoms with Crippen LogP contribution in [0.4, 0.5) is 0 Å². The third-order valence-corrected chi connectivity index (χ3v) is 4.27. The fraction of sp³-hybridized carbons (Fsp3) is 0.167. The SMILES string of the molecule is COc1ccc(-c2nnc(SC(=O)c3ccc(C)cc3)o2)c(OC)c1. The van der Waals surface area contributed by atoms with Crippen LogP contribution in [0.5, 0.6) is 11.5 Å². The van der Waals surface area contributed by atoms with E-state index >= 15 is 0 Å². The minimum Gasteiger partial charge on any atom is -0.497 e. The molecule has 0 radical (unpaired) electrons. The third kappa shape index (κ3) is 3.83. The Hall–Kier alpha value is -2.80. The smallest absolute Gasteiger partial charge is 0.284 e. The largest absolute Gasteiger partial charge is 0.497 e. The lowest BCUT2D eigenvalue weighted by atomic mass is 10.2. The van der Waals surface area contributed by atoms with E-state index in [-0.39, 0.29) is 16.2 Å². The summed E-state index contributed by atoms with van der Waals surface area (Å²) in [5.41, 5.74) is 2.30. The minimum atomic E-state index is -0.156. The maximum Gasteiger partial charge on any atom is 0.284 e. The van der Waals surface area contributed by atoms with Crippen molar-refractivity contribution in [2.75, 3.05) is 14.2 Å². The molecule has 0 N–H and O–H groups in total. The van der Waals surface area contributed by atoms with Gasteiger partial charge in [0.1, 0.15) is 11.5 Å². The maximum atomic E-state index is 12.3. The first-order valence-electron chi connectivity index (χ1n) is 7.45. The molecule has 3 rings (SSSR count). The molecule has 25 heavy (non-hydrogen) atoms. The van der Waals surface area contributed by atoms with Gasteiger partial charge in [-0.25, -0.2) is 0 Å². The molecule has 6 nitrogen and oxygen atoms in total. The molecular formula is C18H16N2O4S. The molecule has 0 aliphatic heterocycles. The lowest BCUT2D eigenvalue weighted by molar-refractivity contribution is 0.108. The van der Waals surface area contributed by atoms with Crippen molar-refractivity contribution < 1.29 is 18.7 Å². The average molecular weight is 356 g/mol. The second-order valence-electron chi connectivity index (χ2n) is 5.19. The van der Waals surface area contributed by atoms with Gasteiger partial charge in [0, 0.05) is 23.4 Å². The molecule has 0 spiro atoms. The van der Waals surface area contributed by atoms with Crippen LogP contribution >= 0.6 is 11.8 Å². The van der Waals surface area contributed by atoms with E-state index in [1.807, 2.05) is 19.1 Å². The summed E-state index contributed by atoms with van der Waals surface area (Å²) < 4.78 is 16.1. The number of nitrogens with zero attached hydrogens (tertiary/aromatic N) is 2. The number of aryl methyl sites for hydroxylation is 1. The molecule has 128 valence electrons. The van der Waals surface area contributed by atoms with Gasteiger partial charge in [-0.1, -0.05) is 29.8 Å². The van der Waals surface area contributed by atoms with E-state index in [9.17, 15) is 4.79 Å². The number of carbonyl (C=O) groups excluding carboxylic acids is 1. The van der Waals surface area contributed by atoms with E-state index in [4.69, 9.17) is 13.9 Å². The number of methoxy groups -OCH3 is 2. The van der Waals surface area contributed by atoms with E-state index in [2.05, 4.69) is 10.2 Å². The van der Waals surface area contributed by atoms with Crippen molar-refractivity contribution in [1.29, 1.82) is 0 Å². The molecular weight excluding hydrogens is 340 g/mol. The highest BCUT2D eigenvalue weighted by Gasteiger charge is 2.17. The molecule has 0 atom stereocenters. The lowest BCUT2D eigenvalue weighted by Gasteiger charge is -2.07. The summed E-state index contributed by atoms with van der Waals surface area (Å²) in [6, 6.07) is 12.6. The molecule has 7 heteroatoms. The van der Waals surface area contributed by atoms with Gasteiger partial charge in [-0.3, -0.25) is 4.79 Å². The third-order valence-electron chi connectivity index (χ3n) is 3.51. The molecule has 1 heterocycles. The fourth-order valence-corrected chi connectivity index (χ4v) is 2.78. The van der Waals surface area contributed by atoms with Crippen LogP contribution < -0.4 is 9.47 Å². The number of rotatable bonds is 5. The van der Waals surface area contributed by atoms with Crippen molar-refractivity contribution in [1.82, 2.24) is 10.2 Å². The minimum absolute atomic E-state index is 0.156. The Morgan fingerprint density at radius 1 is 1.04 bits per heavy atom. The molecule has 0 aliphatic rings. The highest BCUT2D eigenvalue weighted by Crippen LogP contribution is 2.34. The highest BCUT2D eigenvalue weighted by atomic mass is 32.2. The molecule has 0 fully saturated rings. The van der Waals surface area contributed by atoms with Crippen molar-refractivity contribution in [3.05, 3.63) is 53.6 Å². The van der Waals surface area contributed by atoms with Gasteiger partial charge in [-0.2, -0.15) is 0 Å². The standard InChI is InChI=1S/C18H16N2O4S/c1-11-4-6-12(7-5-11)17(21)25-18-20-19-16(24-18)14-9-8-13(22-2)10-15(14)23-3/h4-10H,1-3H3. The first kappa shape index (κ1) is 17.0. The normalized spacial score (nSPS) is 10.5. The molecule has 0 unspecified atom stereocenters. The Balaban J connectivity index is 1.81. The first-order valence-corrected chi connectivity index (χ1v) is 8.27. The van der Waals surface area contributed by atoms with E-state index in [0.29, 0.717) is 22.6 Å². The lowest BCUT2D eigenvalue weighted by Crippen LogP contribution is -1.92. The van der Waals surface area contributed by atoms with Crippen molar-refractivity contribution >= 4 is 16.9 Å². The van der Waals surface area contributed by atoms with Crippen molar-refractivity contribution in [3.63, 3.8) is 0 Å². The van der Waals surface area contributed by atoms with Crippen LogP contribution in [0.3, 0.4) is 0 Å². The highest BCUT2D eigenvalue weighted by molar-refractivity contribution is 8.14. The van der Waals surface area contributed by atoms with Crippen molar-refractivity contribution in [3.8, 4) is 23.0 Å². The average Bonchev–Trinajstić information content (AvgIpc) is 3.09. The second-order valence-corrected chi connectivity index (χ2v) is 6.12. The number of ether oxygens (including phenoxy) is 2. The quantitative estimate of drug-likeness (QED) is 0.640. The number of benzene rings is 2. The molecule has 0 saturated heterocycles. The molecule has 0 bridgehead atoms. The van der Waals surface area contributed by atoms with Crippen LogP contribution in [0.1, 0.15) is 15.9 Å². The summed E-state index contributed by atoms with van der Waals surface area (Å²) in [5, 5.41) is 7.96. The van der Waals surface area contributed by atoms with Crippen LogP contribution in [0, 0.1) is 6.92 Å². The Labute approximate surface area is 149 Å². The monoisotopic (exact) mass is 356 g/mol. The number of carbonyl (C=O) groups is 1. The zero-order chi connectivity index (χ0) is 17.8. The van der Waals surface area contributed by atoms with Crippen LogP contribution in [0.15, 0.2) is 52.1 Å². The number of hydrogen-bond donors (Lipinski definition) is 0. The molecule has 2 aromatic carbocycles. The van der Waals surface area contributed by atoms with Gasteiger partial charge in [0.05, 0.1) is 19.8 Å². The maximum absolute atomic E-state index is 12.3. The predicted octanol–water partition coefficient (Wildman–Crippen LogP) is 3.99. The Morgan fingerprint density at radius 2 is 1.80 bits per heavy atom. The van der Waals surface area contributed by atoms with Crippen LogP contribution in [0.25, 0.3) is 11.5 Å². The first-order chi connectivity index (χ1) is 12.1. The number of thioether (sulfide) groups is 1. The molecule has 0 aliphatic carbocycles. The second kappa shape index (κ2) is 7.40. The molecule has 3 aromatic rings. The number of aromatic nitrogens is 2. The van der Waals surface area contributed by atoms with E-state index in [1.165, 1.54) is 0 Å². The summed E-state index contributed by atoms with van der Waals surface area (Å²) in [7, 11) is 3.12. The summed E-state index contributed by atoms with van der Waals surface area (Å²) >= 11 is 0.894. The van der Waals surface area contributed by atoms with Crippen LogP contribution in [-0.2, 0) is 0 Å². The number of hydrogen-bond acceptors (Lipinski definition) is 7. The van der Waals surface area contributed by atoms with E-state index in [0.717, 1.165) is 17.3 Å². The van der Waals surface area contributed by atoms with E-state index in [1.54, 1.807) is 44.6 Å². The van der Waals surface area contributed by atoms with Gasteiger partial charge in [0.2, 0.25) is 5.12 Å². The van der Waals surface area contributed by atoms with Crippen LogP contribution in [0.2, 0.25) is 0 Å². The fourth-order valence-electron chi connectivity index (χ4n) is 2.16. The zero-order valence-electron chi connectivity index (χ0n) is 14.0. The Morgan fingerprint density at radius 3 is 2.48 bits per heavy atom. The van der Waals surface area contributed by atoms with E-state index < -0.39 is 0 Å². The van der Waals surface area contributed by atoms with Gasteiger partial charge in [0.25, 0.3) is 11.1 Å². The van der Waals surface area contributed by atoms with Gasteiger partial charge < -0.3 is 13.9 Å². The van der Waals surface area contributed by atoms with Gasteiger partial charge in [-0.15, -0.1) is 10.2 Å².